The minimum absolute atomic E-state index is 0.144. The van der Waals surface area contributed by atoms with Crippen LogP contribution in [0.5, 0.6) is 11.5 Å². The lowest BCUT2D eigenvalue weighted by Gasteiger charge is -2.36. The highest BCUT2D eigenvalue weighted by Crippen LogP contribution is 2.45. The molecule has 1 aromatic carbocycles. The number of alkyl halides is 3. The maximum atomic E-state index is 14.3. The van der Waals surface area contributed by atoms with E-state index in [2.05, 4.69) is 13.2 Å². The molecule has 15 heteroatoms. The van der Waals surface area contributed by atoms with Gasteiger partial charge in [-0.15, -0.1) is 0 Å². The average molecular weight is 903 g/mol. The smallest absolute Gasteiger partial charge is 0.420 e. The molecule has 0 heterocycles. The van der Waals surface area contributed by atoms with E-state index in [0.29, 0.717) is 75.0 Å². The third-order valence-electron chi connectivity index (χ3n) is 13.8. The van der Waals surface area contributed by atoms with Gasteiger partial charge in [-0.2, -0.15) is 13.2 Å². The third-order valence-corrected chi connectivity index (χ3v) is 13.8. The van der Waals surface area contributed by atoms with Crippen LogP contribution in [0, 0.1) is 47.3 Å². The highest BCUT2D eigenvalue weighted by molar-refractivity contribution is 5.81. The molecule has 0 amide bonds. The van der Waals surface area contributed by atoms with Gasteiger partial charge in [0.1, 0.15) is 17.1 Å². The Labute approximate surface area is 374 Å². The van der Waals surface area contributed by atoms with Crippen LogP contribution in [0.25, 0.3) is 0 Å². The molecule has 1 aromatic rings. The van der Waals surface area contributed by atoms with Crippen molar-refractivity contribution in [2.75, 3.05) is 26.4 Å². The van der Waals surface area contributed by atoms with Gasteiger partial charge in [-0.25, -0.2) is 9.59 Å². The lowest BCUT2D eigenvalue weighted by molar-refractivity contribution is -0.151. The fourth-order valence-corrected chi connectivity index (χ4v) is 10.0. The first-order valence-corrected chi connectivity index (χ1v) is 23.3. The Morgan fingerprint density at radius 3 is 1.16 bits per heavy atom. The van der Waals surface area contributed by atoms with Crippen molar-refractivity contribution < 1.29 is 70.4 Å². The largest absolute Gasteiger partial charge is 0.465 e. The van der Waals surface area contributed by atoms with Gasteiger partial charge in [0.05, 0.1) is 50.1 Å². The molecule has 4 aliphatic carbocycles. The first kappa shape index (κ1) is 50.3. The van der Waals surface area contributed by atoms with E-state index in [1.807, 2.05) is 0 Å². The minimum atomic E-state index is -4.86. The van der Waals surface area contributed by atoms with Gasteiger partial charge in [-0.05, 0) is 170 Å². The Bertz CT molecular complexity index is 1740. The first-order chi connectivity index (χ1) is 30.7. The molecule has 0 spiro atoms. The van der Waals surface area contributed by atoms with Gasteiger partial charge in [0.25, 0.3) is 0 Å². The van der Waals surface area contributed by atoms with Crippen LogP contribution in [0.3, 0.4) is 0 Å². The summed E-state index contributed by atoms with van der Waals surface area (Å²) in [7, 11) is 0. The van der Waals surface area contributed by atoms with Crippen molar-refractivity contribution in [2.45, 2.75) is 135 Å². The summed E-state index contributed by atoms with van der Waals surface area (Å²) >= 11 is 0. The number of halogens is 3. The molecule has 4 fully saturated rings. The number of carbonyl (C=O) groups excluding carboxylic acids is 6. The molecule has 4 saturated carbocycles. The summed E-state index contributed by atoms with van der Waals surface area (Å²) in [6.45, 7) is 7.73. The molecule has 0 bridgehead atoms. The quantitative estimate of drug-likeness (QED) is 0.0402. The maximum Gasteiger partial charge on any atom is 0.420 e. The van der Waals surface area contributed by atoms with Gasteiger partial charge in [0, 0.05) is 12.2 Å². The van der Waals surface area contributed by atoms with Crippen LogP contribution in [0.15, 0.2) is 43.5 Å². The molecule has 0 radical (unpaired) electrons. The predicted octanol–water partition coefficient (Wildman–Crippen LogP) is 9.85. The molecule has 5 rings (SSSR count). The van der Waals surface area contributed by atoms with E-state index in [1.54, 1.807) is 0 Å². The SMILES string of the molecule is C=CC(=O)OCCCCOC(=O)C1CCC(C2CCC(C(=O)Oc3ccc(OC(=O)C4CCC(C5CCC(C(=O)OCCCCOC(=O)C=C)CC5)CC4)c(C(F)(F)F)c3)CC2)CC1. The monoisotopic (exact) mass is 902 g/mol. The summed E-state index contributed by atoms with van der Waals surface area (Å²) in [5.74, 6) is -3.22. The molecular weight excluding hydrogens is 838 g/mol. The summed E-state index contributed by atoms with van der Waals surface area (Å²) in [5.41, 5.74) is -1.18. The second-order valence-corrected chi connectivity index (χ2v) is 17.9. The Morgan fingerprint density at radius 2 is 0.812 bits per heavy atom. The molecule has 0 saturated heterocycles. The van der Waals surface area contributed by atoms with Gasteiger partial charge in [0.2, 0.25) is 0 Å². The van der Waals surface area contributed by atoms with Crippen LogP contribution in [0.4, 0.5) is 13.2 Å². The van der Waals surface area contributed by atoms with Gasteiger partial charge in [0.15, 0.2) is 0 Å². The Morgan fingerprint density at radius 1 is 0.484 bits per heavy atom. The van der Waals surface area contributed by atoms with Gasteiger partial charge >= 0.3 is 42.0 Å². The van der Waals surface area contributed by atoms with E-state index >= 15 is 0 Å². The van der Waals surface area contributed by atoms with Crippen molar-refractivity contribution in [3.63, 3.8) is 0 Å². The van der Waals surface area contributed by atoms with Crippen molar-refractivity contribution in [3.05, 3.63) is 49.1 Å². The second kappa shape index (κ2) is 25.1. The topological polar surface area (TPSA) is 158 Å². The molecule has 0 aliphatic heterocycles. The summed E-state index contributed by atoms with van der Waals surface area (Å²) < 4.78 is 74.5. The maximum absolute atomic E-state index is 14.3. The highest BCUT2D eigenvalue weighted by atomic mass is 19.4. The zero-order chi connectivity index (χ0) is 46.1. The molecule has 0 atom stereocenters. The minimum Gasteiger partial charge on any atom is -0.465 e. The summed E-state index contributed by atoms with van der Waals surface area (Å²) in [6, 6.07) is 3.01. The Balaban J connectivity index is 0.986. The van der Waals surface area contributed by atoms with E-state index in [4.69, 9.17) is 28.4 Å². The number of hydrogen-bond acceptors (Lipinski definition) is 12. The fourth-order valence-electron chi connectivity index (χ4n) is 10.0. The van der Waals surface area contributed by atoms with E-state index in [9.17, 15) is 41.9 Å². The number of rotatable bonds is 20. The molecule has 0 aromatic heterocycles. The summed E-state index contributed by atoms with van der Waals surface area (Å²) in [5, 5.41) is 0. The highest BCUT2D eigenvalue weighted by Gasteiger charge is 2.40. The van der Waals surface area contributed by atoms with Crippen molar-refractivity contribution in [3.8, 4) is 11.5 Å². The van der Waals surface area contributed by atoms with Crippen LogP contribution >= 0.6 is 0 Å². The number of benzene rings is 1. The fraction of sp³-hybridized carbons (Fsp3) is 0.673. The zero-order valence-electron chi connectivity index (χ0n) is 36.9. The van der Waals surface area contributed by atoms with Gasteiger partial charge in [-0.3, -0.25) is 19.2 Å². The van der Waals surface area contributed by atoms with Crippen LogP contribution in [0.2, 0.25) is 0 Å². The summed E-state index contributed by atoms with van der Waals surface area (Å²) in [6.07, 6.45) is 11.4. The number of carbonyl (C=O) groups is 6. The van der Waals surface area contributed by atoms with Crippen LogP contribution < -0.4 is 9.47 Å². The molecule has 4 aliphatic rings. The van der Waals surface area contributed by atoms with E-state index in [1.165, 1.54) is 6.07 Å². The number of esters is 6. The molecule has 354 valence electrons. The molecular formula is C49H65F3O12. The van der Waals surface area contributed by atoms with Gasteiger partial charge < -0.3 is 28.4 Å². The van der Waals surface area contributed by atoms with E-state index < -0.39 is 53.2 Å². The molecule has 0 N–H and O–H groups in total. The molecule has 64 heavy (non-hydrogen) atoms. The predicted molar refractivity (Wildman–Crippen MR) is 227 cm³/mol. The van der Waals surface area contributed by atoms with E-state index in [0.717, 1.165) is 101 Å². The zero-order valence-corrected chi connectivity index (χ0v) is 36.9. The van der Waals surface area contributed by atoms with Crippen molar-refractivity contribution in [1.82, 2.24) is 0 Å². The van der Waals surface area contributed by atoms with Crippen LogP contribution in [-0.2, 0) is 53.9 Å². The lowest BCUT2D eigenvalue weighted by atomic mass is 9.69. The first-order valence-electron chi connectivity index (χ1n) is 23.3. The van der Waals surface area contributed by atoms with Crippen molar-refractivity contribution >= 4 is 35.8 Å². The standard InChI is InChI=1S/C49H65F3O12/c1-3-43(53)59-27-5-7-29-61-45(55)36-17-9-32(10-18-36)34-13-21-38(22-14-34)47(57)63-40-25-26-42(41(31-40)49(50,51)52)64-48(58)39-23-15-35(16-24-39)33-11-19-37(20-12-33)46(56)62-30-8-6-28-60-44(54)4-2/h3-4,25-26,31-39H,1-2,5-24,27-30H2. The lowest BCUT2D eigenvalue weighted by Crippen LogP contribution is -2.32. The van der Waals surface area contributed by atoms with Crippen LogP contribution in [-0.4, -0.2) is 62.2 Å². The number of hydrogen-bond donors (Lipinski definition) is 0. The second-order valence-electron chi connectivity index (χ2n) is 17.9. The van der Waals surface area contributed by atoms with Crippen molar-refractivity contribution in [1.29, 1.82) is 0 Å². The summed E-state index contributed by atoms with van der Waals surface area (Å²) in [4.78, 5) is 73.8. The normalized spacial score (nSPS) is 26.0. The average Bonchev–Trinajstić information content (AvgIpc) is 3.31. The number of ether oxygens (including phenoxy) is 6. The Kier molecular flexibility index (Phi) is 19.7. The van der Waals surface area contributed by atoms with Gasteiger partial charge in [-0.1, -0.05) is 13.2 Å². The van der Waals surface area contributed by atoms with E-state index in [-0.39, 0.29) is 56.0 Å². The van der Waals surface area contributed by atoms with Crippen molar-refractivity contribution in [2.24, 2.45) is 47.3 Å². The molecule has 12 nitrogen and oxygen atoms in total. The molecule has 0 unspecified atom stereocenters. The Hall–Kier alpha value is -4.69. The third kappa shape index (κ3) is 15.5. The van der Waals surface area contributed by atoms with Crippen LogP contribution in [0.1, 0.15) is 134 Å². The number of unbranched alkanes of at least 4 members (excludes halogenated alkanes) is 2.